The molecular weight excluding hydrogens is 242 g/mol. The predicted molar refractivity (Wildman–Crippen MR) is 69.2 cm³/mol. The molecule has 1 fully saturated rings. The number of thiophene rings is 1. The minimum atomic E-state index is 0.480. The lowest BCUT2D eigenvalue weighted by atomic mass is 10.1. The Labute approximate surface area is 106 Å². The van der Waals surface area contributed by atoms with Crippen molar-refractivity contribution in [1.29, 1.82) is 0 Å². The second-order valence-corrected chi connectivity index (χ2v) is 5.62. The maximum atomic E-state index is 5.86. The van der Waals surface area contributed by atoms with Gasteiger partial charge < -0.3 is 10.1 Å². The molecule has 90 valence electrons. The van der Waals surface area contributed by atoms with Crippen LogP contribution in [-0.2, 0) is 11.3 Å². The molecule has 1 N–H and O–H groups in total. The van der Waals surface area contributed by atoms with Gasteiger partial charge in [-0.1, -0.05) is 11.6 Å². The first kappa shape index (κ1) is 12.4. The first-order valence-electron chi connectivity index (χ1n) is 5.90. The molecule has 2 rings (SSSR count). The molecule has 0 saturated carbocycles. The fraction of sp³-hybridized carbons (Fsp3) is 0.667. The zero-order valence-corrected chi connectivity index (χ0v) is 10.9. The van der Waals surface area contributed by atoms with E-state index >= 15 is 0 Å². The normalized spacial score (nSPS) is 21.2. The van der Waals surface area contributed by atoms with Gasteiger partial charge in [-0.25, -0.2) is 0 Å². The summed E-state index contributed by atoms with van der Waals surface area (Å²) >= 11 is 7.57. The molecule has 1 aliphatic heterocycles. The summed E-state index contributed by atoms with van der Waals surface area (Å²) in [6, 6.07) is 2.02. The van der Waals surface area contributed by atoms with E-state index in [1.165, 1.54) is 24.1 Å². The lowest BCUT2D eigenvalue weighted by molar-refractivity contribution is 0.0115. The molecular formula is C12H18ClNOS. The molecule has 16 heavy (non-hydrogen) atoms. The van der Waals surface area contributed by atoms with Crippen molar-refractivity contribution in [2.24, 2.45) is 0 Å². The van der Waals surface area contributed by atoms with Crippen LogP contribution >= 0.6 is 22.9 Å². The van der Waals surface area contributed by atoms with E-state index in [9.17, 15) is 0 Å². The van der Waals surface area contributed by atoms with E-state index in [-0.39, 0.29) is 0 Å². The van der Waals surface area contributed by atoms with Gasteiger partial charge in [0.15, 0.2) is 0 Å². The summed E-state index contributed by atoms with van der Waals surface area (Å²) in [5.41, 5.74) is 0. The molecule has 2 nitrogen and oxygen atoms in total. The molecule has 0 aromatic carbocycles. The van der Waals surface area contributed by atoms with E-state index < -0.39 is 0 Å². The summed E-state index contributed by atoms with van der Waals surface area (Å²) in [4.78, 5) is 1.30. The summed E-state index contributed by atoms with van der Waals surface area (Å²) in [5, 5.41) is 6.25. The summed E-state index contributed by atoms with van der Waals surface area (Å²) in [6.07, 6.45) is 5.39. The molecule has 2 heterocycles. The number of hydrogen-bond donors (Lipinski definition) is 1. The molecule has 1 aromatic heterocycles. The third-order valence-corrected chi connectivity index (χ3v) is 4.12. The Morgan fingerprint density at radius 3 is 3.12 bits per heavy atom. The number of halogens is 1. The van der Waals surface area contributed by atoms with Crippen LogP contribution < -0.4 is 5.32 Å². The molecule has 0 amide bonds. The molecule has 1 aliphatic rings. The van der Waals surface area contributed by atoms with Crippen LogP contribution in [0.15, 0.2) is 11.4 Å². The minimum Gasteiger partial charge on any atom is -0.378 e. The van der Waals surface area contributed by atoms with Crippen molar-refractivity contribution in [2.75, 3.05) is 13.2 Å². The SMILES string of the molecule is Clc1csc(CNCCC2CCCCO2)c1. The standard InChI is InChI=1S/C12H18ClNOS/c13-10-7-12(16-9-10)8-14-5-4-11-3-1-2-6-15-11/h7,9,11,14H,1-6,8H2. The maximum absolute atomic E-state index is 5.86. The molecule has 1 atom stereocenters. The zero-order chi connectivity index (χ0) is 11.2. The van der Waals surface area contributed by atoms with Gasteiger partial charge in [0.05, 0.1) is 11.1 Å². The number of nitrogens with one attached hydrogen (secondary N) is 1. The van der Waals surface area contributed by atoms with Crippen molar-refractivity contribution >= 4 is 22.9 Å². The van der Waals surface area contributed by atoms with E-state index in [1.807, 2.05) is 11.4 Å². The summed E-state index contributed by atoms with van der Waals surface area (Å²) in [6.45, 7) is 2.90. The van der Waals surface area contributed by atoms with Gasteiger partial charge in [0.1, 0.15) is 0 Å². The van der Waals surface area contributed by atoms with E-state index in [1.54, 1.807) is 11.3 Å². The van der Waals surface area contributed by atoms with E-state index in [0.717, 1.165) is 31.1 Å². The van der Waals surface area contributed by atoms with Crippen molar-refractivity contribution in [3.05, 3.63) is 21.3 Å². The Hall–Kier alpha value is -0.0900. The van der Waals surface area contributed by atoms with Crippen LogP contribution in [0.5, 0.6) is 0 Å². The Bertz CT molecular complexity index is 310. The van der Waals surface area contributed by atoms with Gasteiger partial charge in [-0.15, -0.1) is 11.3 Å². The molecule has 0 spiro atoms. The minimum absolute atomic E-state index is 0.480. The highest BCUT2D eigenvalue weighted by Crippen LogP contribution is 2.19. The molecule has 0 radical (unpaired) electrons. The first-order chi connectivity index (χ1) is 7.84. The van der Waals surface area contributed by atoms with E-state index in [2.05, 4.69) is 5.32 Å². The summed E-state index contributed by atoms with van der Waals surface area (Å²) in [5.74, 6) is 0. The smallest absolute Gasteiger partial charge is 0.0587 e. The summed E-state index contributed by atoms with van der Waals surface area (Å²) in [7, 11) is 0. The van der Waals surface area contributed by atoms with E-state index in [0.29, 0.717) is 6.10 Å². The van der Waals surface area contributed by atoms with Crippen LogP contribution in [-0.4, -0.2) is 19.3 Å². The van der Waals surface area contributed by atoms with Gasteiger partial charge in [0.2, 0.25) is 0 Å². The topological polar surface area (TPSA) is 21.3 Å². The quantitative estimate of drug-likeness (QED) is 0.818. The third kappa shape index (κ3) is 4.06. The second-order valence-electron chi connectivity index (χ2n) is 4.19. The number of hydrogen-bond acceptors (Lipinski definition) is 3. The fourth-order valence-electron chi connectivity index (χ4n) is 1.96. The summed E-state index contributed by atoms with van der Waals surface area (Å²) < 4.78 is 5.68. The largest absolute Gasteiger partial charge is 0.378 e. The maximum Gasteiger partial charge on any atom is 0.0587 e. The molecule has 0 bridgehead atoms. The lowest BCUT2D eigenvalue weighted by Crippen LogP contribution is -2.24. The average molecular weight is 260 g/mol. The van der Waals surface area contributed by atoms with Crippen LogP contribution in [0, 0.1) is 0 Å². The van der Waals surface area contributed by atoms with Gasteiger partial charge >= 0.3 is 0 Å². The van der Waals surface area contributed by atoms with Gasteiger partial charge in [0, 0.05) is 23.4 Å². The monoisotopic (exact) mass is 259 g/mol. The van der Waals surface area contributed by atoms with E-state index in [4.69, 9.17) is 16.3 Å². The van der Waals surface area contributed by atoms with Crippen molar-refractivity contribution in [3.63, 3.8) is 0 Å². The number of ether oxygens (including phenoxy) is 1. The molecule has 4 heteroatoms. The fourth-order valence-corrected chi connectivity index (χ4v) is 3.00. The van der Waals surface area contributed by atoms with Crippen LogP contribution in [0.2, 0.25) is 5.02 Å². The zero-order valence-electron chi connectivity index (χ0n) is 9.38. The van der Waals surface area contributed by atoms with Crippen molar-refractivity contribution in [1.82, 2.24) is 5.32 Å². The van der Waals surface area contributed by atoms with Crippen molar-refractivity contribution in [3.8, 4) is 0 Å². The van der Waals surface area contributed by atoms with Crippen molar-refractivity contribution < 1.29 is 4.74 Å². The number of rotatable bonds is 5. The second kappa shape index (κ2) is 6.60. The Morgan fingerprint density at radius 2 is 2.44 bits per heavy atom. The highest BCUT2D eigenvalue weighted by molar-refractivity contribution is 7.10. The van der Waals surface area contributed by atoms with Crippen molar-refractivity contribution in [2.45, 2.75) is 38.3 Å². The Balaban J connectivity index is 1.57. The highest BCUT2D eigenvalue weighted by Gasteiger charge is 2.12. The Kier molecular flexibility index (Phi) is 5.10. The van der Waals surface area contributed by atoms with Crippen LogP contribution in [0.1, 0.15) is 30.6 Å². The van der Waals surface area contributed by atoms with Gasteiger partial charge in [-0.05, 0) is 38.3 Å². The van der Waals surface area contributed by atoms with Crippen LogP contribution in [0.3, 0.4) is 0 Å². The van der Waals surface area contributed by atoms with Crippen LogP contribution in [0.4, 0.5) is 0 Å². The molecule has 1 saturated heterocycles. The highest BCUT2D eigenvalue weighted by atomic mass is 35.5. The Morgan fingerprint density at radius 1 is 1.50 bits per heavy atom. The molecule has 0 aliphatic carbocycles. The van der Waals surface area contributed by atoms with Crippen LogP contribution in [0.25, 0.3) is 0 Å². The van der Waals surface area contributed by atoms with Gasteiger partial charge in [-0.3, -0.25) is 0 Å². The average Bonchev–Trinajstić information content (AvgIpc) is 2.72. The third-order valence-electron chi connectivity index (χ3n) is 2.84. The molecule has 1 aromatic rings. The van der Waals surface area contributed by atoms with Gasteiger partial charge in [0.25, 0.3) is 0 Å². The molecule has 1 unspecified atom stereocenters. The lowest BCUT2D eigenvalue weighted by Gasteiger charge is -2.22. The first-order valence-corrected chi connectivity index (χ1v) is 7.15. The van der Waals surface area contributed by atoms with Gasteiger partial charge in [-0.2, -0.15) is 0 Å². The predicted octanol–water partition coefficient (Wildman–Crippen LogP) is 3.45.